The molecule has 1 heterocycles. The molecule has 0 aliphatic carbocycles. The highest BCUT2D eigenvalue weighted by atomic mass is 79.9. The average Bonchev–Trinajstić information content (AvgIpc) is 2.94. The van der Waals surface area contributed by atoms with Crippen LogP contribution >= 0.6 is 27.7 Å². The molecular formula is C16H12BrN5S. The van der Waals surface area contributed by atoms with Crippen molar-refractivity contribution >= 4 is 27.7 Å². The predicted molar refractivity (Wildman–Crippen MR) is 94.0 cm³/mol. The first kappa shape index (κ1) is 15.6. The zero-order valence-electron chi connectivity index (χ0n) is 12.0. The number of halogens is 1. The second-order valence-electron chi connectivity index (χ2n) is 4.75. The first-order valence-corrected chi connectivity index (χ1v) is 8.54. The van der Waals surface area contributed by atoms with Crippen LogP contribution in [0.15, 0.2) is 58.2 Å². The van der Waals surface area contributed by atoms with E-state index in [-0.39, 0.29) is 0 Å². The lowest BCUT2D eigenvalue weighted by Gasteiger charge is -2.05. The Morgan fingerprint density at radius 3 is 2.57 bits per heavy atom. The number of nitrogen functional groups attached to an aromatic ring is 1. The summed E-state index contributed by atoms with van der Waals surface area (Å²) >= 11 is 5.00. The summed E-state index contributed by atoms with van der Waals surface area (Å²) < 4.78 is 2.41. The molecule has 0 radical (unpaired) electrons. The molecule has 0 aliphatic heterocycles. The molecule has 0 saturated heterocycles. The minimum absolute atomic E-state index is 0.611. The highest BCUT2D eigenvalue weighted by Gasteiger charge is 2.14. The number of nitrogens with two attached hydrogens (primary N) is 1. The van der Waals surface area contributed by atoms with Crippen molar-refractivity contribution in [2.45, 2.75) is 10.9 Å². The number of hydrogen-bond donors (Lipinski definition) is 1. The number of hydrogen-bond acceptors (Lipinski definition) is 5. The first-order chi connectivity index (χ1) is 11.2. The van der Waals surface area contributed by atoms with Crippen molar-refractivity contribution in [1.82, 2.24) is 14.9 Å². The van der Waals surface area contributed by atoms with Crippen LogP contribution < -0.4 is 5.84 Å². The van der Waals surface area contributed by atoms with E-state index in [1.807, 2.05) is 36.4 Å². The van der Waals surface area contributed by atoms with Gasteiger partial charge >= 0.3 is 0 Å². The van der Waals surface area contributed by atoms with Crippen LogP contribution in [0.5, 0.6) is 0 Å². The molecule has 114 valence electrons. The van der Waals surface area contributed by atoms with Gasteiger partial charge in [-0.15, -0.1) is 10.2 Å². The molecule has 1 aromatic heterocycles. The summed E-state index contributed by atoms with van der Waals surface area (Å²) in [7, 11) is 0. The van der Waals surface area contributed by atoms with E-state index in [0.717, 1.165) is 15.6 Å². The van der Waals surface area contributed by atoms with Crippen molar-refractivity contribution in [3.8, 4) is 17.5 Å². The SMILES string of the molecule is N#Cc1ccc(CSc2nnc(-c3ccccc3Br)n2N)cc1. The highest BCUT2D eigenvalue weighted by Crippen LogP contribution is 2.28. The van der Waals surface area contributed by atoms with Crippen molar-refractivity contribution in [3.05, 3.63) is 64.1 Å². The minimum Gasteiger partial charge on any atom is -0.335 e. The smallest absolute Gasteiger partial charge is 0.210 e. The molecule has 23 heavy (non-hydrogen) atoms. The maximum Gasteiger partial charge on any atom is 0.210 e. The Morgan fingerprint density at radius 2 is 1.87 bits per heavy atom. The maximum atomic E-state index is 8.81. The van der Waals surface area contributed by atoms with Crippen molar-refractivity contribution in [2.75, 3.05) is 5.84 Å². The quantitative estimate of drug-likeness (QED) is 0.548. The first-order valence-electron chi connectivity index (χ1n) is 6.76. The van der Waals surface area contributed by atoms with Gasteiger partial charge in [0.25, 0.3) is 0 Å². The largest absolute Gasteiger partial charge is 0.335 e. The Kier molecular flexibility index (Phi) is 4.65. The fourth-order valence-corrected chi connectivity index (χ4v) is 3.30. The number of benzene rings is 2. The average molecular weight is 386 g/mol. The Balaban J connectivity index is 1.77. The summed E-state index contributed by atoms with van der Waals surface area (Å²) in [4.78, 5) is 0. The van der Waals surface area contributed by atoms with Crippen LogP contribution in [0.25, 0.3) is 11.4 Å². The van der Waals surface area contributed by atoms with E-state index in [0.29, 0.717) is 22.3 Å². The standard InChI is InChI=1S/C16H12BrN5S/c17-14-4-2-1-3-13(14)15-20-21-16(22(15)19)23-10-12-7-5-11(9-18)6-8-12/h1-8H,10,19H2. The van der Waals surface area contributed by atoms with Gasteiger partial charge in [-0.3, -0.25) is 0 Å². The molecule has 7 heteroatoms. The van der Waals surface area contributed by atoms with E-state index in [1.165, 1.54) is 16.4 Å². The summed E-state index contributed by atoms with van der Waals surface area (Å²) in [5.41, 5.74) is 2.64. The van der Waals surface area contributed by atoms with Crippen LogP contribution in [-0.4, -0.2) is 14.9 Å². The fraction of sp³-hybridized carbons (Fsp3) is 0.0625. The molecule has 2 aromatic carbocycles. The van der Waals surface area contributed by atoms with Crippen molar-refractivity contribution in [1.29, 1.82) is 5.26 Å². The second kappa shape index (κ2) is 6.86. The van der Waals surface area contributed by atoms with Gasteiger partial charge in [-0.2, -0.15) is 5.26 Å². The Hall–Kier alpha value is -2.30. The van der Waals surface area contributed by atoms with Crippen molar-refractivity contribution in [2.24, 2.45) is 0 Å². The molecule has 5 nitrogen and oxygen atoms in total. The lowest BCUT2D eigenvalue weighted by molar-refractivity contribution is 0.849. The van der Waals surface area contributed by atoms with E-state index < -0.39 is 0 Å². The van der Waals surface area contributed by atoms with E-state index in [2.05, 4.69) is 32.2 Å². The van der Waals surface area contributed by atoms with Gasteiger partial charge in [0.05, 0.1) is 11.6 Å². The highest BCUT2D eigenvalue weighted by molar-refractivity contribution is 9.10. The zero-order valence-corrected chi connectivity index (χ0v) is 14.4. The van der Waals surface area contributed by atoms with Gasteiger partial charge in [0, 0.05) is 15.8 Å². The van der Waals surface area contributed by atoms with Gasteiger partial charge in [-0.05, 0) is 29.8 Å². The monoisotopic (exact) mass is 385 g/mol. The van der Waals surface area contributed by atoms with Crippen LogP contribution in [0.3, 0.4) is 0 Å². The maximum absolute atomic E-state index is 8.81. The summed E-state index contributed by atoms with van der Waals surface area (Å²) in [5, 5.41) is 17.8. The summed E-state index contributed by atoms with van der Waals surface area (Å²) in [5.74, 6) is 7.44. The van der Waals surface area contributed by atoms with E-state index >= 15 is 0 Å². The Bertz CT molecular complexity index is 867. The van der Waals surface area contributed by atoms with Gasteiger partial charge in [0.1, 0.15) is 0 Å². The van der Waals surface area contributed by atoms with Gasteiger partial charge in [-0.1, -0.05) is 52.0 Å². The summed E-state index contributed by atoms with van der Waals surface area (Å²) in [6.45, 7) is 0. The number of thioether (sulfide) groups is 1. The van der Waals surface area contributed by atoms with Crippen LogP contribution in [0.2, 0.25) is 0 Å². The molecule has 0 spiro atoms. The zero-order chi connectivity index (χ0) is 16.2. The molecule has 3 aromatic rings. The van der Waals surface area contributed by atoms with Gasteiger partial charge in [0.2, 0.25) is 5.16 Å². The van der Waals surface area contributed by atoms with Crippen molar-refractivity contribution < 1.29 is 0 Å². The van der Waals surface area contributed by atoms with Crippen LogP contribution in [0, 0.1) is 11.3 Å². The number of rotatable bonds is 4. The number of nitriles is 1. The van der Waals surface area contributed by atoms with Gasteiger partial charge < -0.3 is 5.84 Å². The third-order valence-corrected chi connectivity index (χ3v) is 4.94. The van der Waals surface area contributed by atoms with Gasteiger partial charge in [0.15, 0.2) is 5.82 Å². The molecule has 0 unspecified atom stereocenters. The summed E-state index contributed by atoms with van der Waals surface area (Å²) in [6, 6.07) is 17.3. The fourth-order valence-electron chi connectivity index (χ4n) is 2.03. The van der Waals surface area contributed by atoms with Crippen molar-refractivity contribution in [3.63, 3.8) is 0 Å². The third kappa shape index (κ3) is 3.38. The molecule has 2 N–H and O–H groups in total. The Labute approximate surface area is 146 Å². The minimum atomic E-state index is 0.611. The lowest BCUT2D eigenvalue weighted by atomic mass is 10.2. The molecular weight excluding hydrogens is 374 g/mol. The normalized spacial score (nSPS) is 10.4. The molecule has 0 atom stereocenters. The predicted octanol–water partition coefficient (Wildman–Crippen LogP) is 3.59. The van der Waals surface area contributed by atoms with E-state index in [1.54, 1.807) is 12.1 Å². The van der Waals surface area contributed by atoms with E-state index in [9.17, 15) is 0 Å². The third-order valence-electron chi connectivity index (χ3n) is 3.23. The molecule has 0 saturated carbocycles. The lowest BCUT2D eigenvalue weighted by Crippen LogP contribution is -2.11. The molecule has 0 aliphatic rings. The Morgan fingerprint density at radius 1 is 1.13 bits per heavy atom. The topological polar surface area (TPSA) is 80.5 Å². The number of nitrogens with zero attached hydrogens (tertiary/aromatic N) is 4. The number of aromatic nitrogens is 3. The molecule has 0 fully saturated rings. The van der Waals surface area contributed by atoms with Gasteiger partial charge in [-0.25, -0.2) is 4.68 Å². The van der Waals surface area contributed by atoms with E-state index in [4.69, 9.17) is 11.1 Å². The summed E-state index contributed by atoms with van der Waals surface area (Å²) in [6.07, 6.45) is 0. The second-order valence-corrected chi connectivity index (χ2v) is 6.55. The van der Waals surface area contributed by atoms with Crippen LogP contribution in [0.1, 0.15) is 11.1 Å². The van der Waals surface area contributed by atoms with Crippen LogP contribution in [0.4, 0.5) is 0 Å². The molecule has 0 bridgehead atoms. The molecule has 3 rings (SSSR count). The molecule has 0 amide bonds. The van der Waals surface area contributed by atoms with Crippen LogP contribution in [-0.2, 0) is 5.75 Å².